The molecule has 0 spiro atoms. The molecule has 0 aliphatic heterocycles. The molecule has 5 heteroatoms. The number of nitrogens with one attached hydrogen (secondary N) is 1. The number of hydrogen-bond donors (Lipinski definition) is 2. The summed E-state index contributed by atoms with van der Waals surface area (Å²) >= 11 is 0. The van der Waals surface area contributed by atoms with Crippen LogP contribution in [0.15, 0.2) is 12.4 Å². The van der Waals surface area contributed by atoms with E-state index >= 15 is 0 Å². The van der Waals surface area contributed by atoms with Crippen molar-refractivity contribution >= 4 is 5.97 Å². The summed E-state index contributed by atoms with van der Waals surface area (Å²) in [6.45, 7) is 4.71. The van der Waals surface area contributed by atoms with Gasteiger partial charge in [0.15, 0.2) is 0 Å². The zero-order valence-electron chi connectivity index (χ0n) is 11.5. The molecule has 0 amide bonds. The van der Waals surface area contributed by atoms with E-state index in [2.05, 4.69) is 15.3 Å². The maximum atomic E-state index is 11.1. The van der Waals surface area contributed by atoms with E-state index < -0.39 is 5.97 Å². The van der Waals surface area contributed by atoms with E-state index in [1.165, 1.54) is 0 Å². The number of nitrogens with zero attached hydrogens (tertiary/aromatic N) is 2. The Hall–Kier alpha value is -1.49. The largest absolute Gasteiger partial charge is 0.481 e. The number of aromatic nitrogens is 2. The third kappa shape index (κ3) is 3.29. The van der Waals surface area contributed by atoms with Crippen LogP contribution >= 0.6 is 0 Å². The topological polar surface area (TPSA) is 75.1 Å². The molecule has 1 fully saturated rings. The molecule has 1 aliphatic carbocycles. The summed E-state index contributed by atoms with van der Waals surface area (Å²) in [6.07, 6.45) is 6.19. The van der Waals surface area contributed by atoms with Gasteiger partial charge in [0, 0.05) is 18.4 Å². The van der Waals surface area contributed by atoms with Crippen molar-refractivity contribution in [1.82, 2.24) is 15.3 Å². The molecule has 3 unspecified atom stereocenters. The van der Waals surface area contributed by atoms with Crippen molar-refractivity contribution in [2.75, 3.05) is 6.54 Å². The van der Waals surface area contributed by atoms with E-state index in [-0.39, 0.29) is 17.9 Å². The summed E-state index contributed by atoms with van der Waals surface area (Å²) in [5.41, 5.74) is 1.86. The molecule has 1 saturated carbocycles. The number of rotatable bonds is 5. The van der Waals surface area contributed by atoms with Gasteiger partial charge in [0.1, 0.15) is 0 Å². The van der Waals surface area contributed by atoms with Gasteiger partial charge in [-0.25, -0.2) is 0 Å². The van der Waals surface area contributed by atoms with Crippen molar-refractivity contribution < 1.29 is 9.90 Å². The third-order valence-corrected chi connectivity index (χ3v) is 3.99. The van der Waals surface area contributed by atoms with Crippen molar-refractivity contribution in [2.45, 2.75) is 39.2 Å². The van der Waals surface area contributed by atoms with Crippen molar-refractivity contribution in [2.24, 2.45) is 11.8 Å². The number of aliphatic carboxylic acids is 1. The Morgan fingerprint density at radius 1 is 1.47 bits per heavy atom. The first-order valence-electron chi connectivity index (χ1n) is 6.83. The first-order valence-corrected chi connectivity index (χ1v) is 6.83. The van der Waals surface area contributed by atoms with Gasteiger partial charge >= 0.3 is 5.97 Å². The van der Waals surface area contributed by atoms with Crippen LogP contribution < -0.4 is 5.32 Å². The highest BCUT2D eigenvalue weighted by molar-refractivity contribution is 5.70. The van der Waals surface area contributed by atoms with E-state index in [0.29, 0.717) is 0 Å². The molecule has 3 atom stereocenters. The van der Waals surface area contributed by atoms with E-state index in [4.69, 9.17) is 5.11 Å². The van der Waals surface area contributed by atoms with Crippen LogP contribution in [0.5, 0.6) is 0 Å². The van der Waals surface area contributed by atoms with Gasteiger partial charge < -0.3 is 10.4 Å². The highest BCUT2D eigenvalue weighted by atomic mass is 16.4. The average molecular weight is 263 g/mol. The maximum Gasteiger partial charge on any atom is 0.306 e. The van der Waals surface area contributed by atoms with E-state index in [1.807, 2.05) is 13.8 Å². The average Bonchev–Trinajstić information content (AvgIpc) is 2.85. The minimum atomic E-state index is -0.660. The summed E-state index contributed by atoms with van der Waals surface area (Å²) in [7, 11) is 0. The summed E-state index contributed by atoms with van der Waals surface area (Å²) in [5, 5.41) is 12.6. The molecular formula is C14H21N3O2. The van der Waals surface area contributed by atoms with Crippen LogP contribution in [0.4, 0.5) is 0 Å². The quantitative estimate of drug-likeness (QED) is 0.849. The van der Waals surface area contributed by atoms with Gasteiger partial charge in [-0.15, -0.1) is 0 Å². The van der Waals surface area contributed by atoms with Crippen LogP contribution in [0.1, 0.15) is 43.6 Å². The Morgan fingerprint density at radius 3 is 2.89 bits per heavy atom. The Kier molecular flexibility index (Phi) is 4.47. The van der Waals surface area contributed by atoms with Crippen molar-refractivity contribution in [3.05, 3.63) is 23.8 Å². The zero-order chi connectivity index (χ0) is 13.8. The Balaban J connectivity index is 1.92. The highest BCUT2D eigenvalue weighted by Gasteiger charge is 2.32. The normalized spacial score (nSPS) is 24.3. The summed E-state index contributed by atoms with van der Waals surface area (Å²) < 4.78 is 0. The van der Waals surface area contributed by atoms with Gasteiger partial charge in [-0.05, 0) is 39.2 Å². The lowest BCUT2D eigenvalue weighted by atomic mass is 9.96. The fourth-order valence-electron chi connectivity index (χ4n) is 2.87. The molecule has 1 aromatic heterocycles. The van der Waals surface area contributed by atoms with Crippen LogP contribution in [-0.4, -0.2) is 27.6 Å². The van der Waals surface area contributed by atoms with Crippen molar-refractivity contribution in [3.8, 4) is 0 Å². The predicted molar refractivity (Wildman–Crippen MR) is 71.7 cm³/mol. The van der Waals surface area contributed by atoms with Gasteiger partial charge in [-0.1, -0.05) is 6.42 Å². The lowest BCUT2D eigenvalue weighted by Gasteiger charge is -2.20. The fraction of sp³-hybridized carbons (Fsp3) is 0.643. The highest BCUT2D eigenvalue weighted by Crippen LogP contribution is 2.31. The second kappa shape index (κ2) is 6.10. The van der Waals surface area contributed by atoms with Crippen LogP contribution in [-0.2, 0) is 4.79 Å². The summed E-state index contributed by atoms with van der Waals surface area (Å²) in [6, 6.07) is 0.101. The second-order valence-corrected chi connectivity index (χ2v) is 5.29. The third-order valence-electron chi connectivity index (χ3n) is 3.99. The minimum absolute atomic E-state index is 0.101. The van der Waals surface area contributed by atoms with Gasteiger partial charge in [0.05, 0.1) is 17.3 Å². The van der Waals surface area contributed by atoms with Gasteiger partial charge in [0.25, 0.3) is 0 Å². The fourth-order valence-corrected chi connectivity index (χ4v) is 2.87. The molecule has 2 rings (SSSR count). The summed E-state index contributed by atoms with van der Waals surface area (Å²) in [4.78, 5) is 19.7. The molecule has 0 radical (unpaired) electrons. The molecule has 0 bridgehead atoms. The molecule has 19 heavy (non-hydrogen) atoms. The molecule has 0 aromatic carbocycles. The van der Waals surface area contributed by atoms with E-state index in [9.17, 15) is 4.79 Å². The standard InChI is InChI=1S/C14H21N3O2/c1-9-13(16-7-6-15-9)10(2)17-8-11-4-3-5-12(11)14(18)19/h6-7,10-12,17H,3-5,8H2,1-2H3,(H,18,19). The maximum absolute atomic E-state index is 11.1. The predicted octanol–water partition coefficient (Wildman–Crippen LogP) is 1.94. The molecule has 1 aromatic rings. The molecule has 104 valence electrons. The molecule has 2 N–H and O–H groups in total. The first-order chi connectivity index (χ1) is 9.09. The lowest BCUT2D eigenvalue weighted by Crippen LogP contribution is -2.31. The SMILES string of the molecule is Cc1nccnc1C(C)NCC1CCCC1C(=O)O. The second-order valence-electron chi connectivity index (χ2n) is 5.29. The molecule has 5 nitrogen and oxygen atoms in total. The molecular weight excluding hydrogens is 242 g/mol. The van der Waals surface area contributed by atoms with Crippen LogP contribution in [0.25, 0.3) is 0 Å². The number of carboxylic acids is 1. The van der Waals surface area contributed by atoms with Gasteiger partial charge in [-0.2, -0.15) is 0 Å². The molecule has 1 heterocycles. The lowest BCUT2D eigenvalue weighted by molar-refractivity contribution is -0.142. The van der Waals surface area contributed by atoms with Crippen molar-refractivity contribution in [1.29, 1.82) is 0 Å². The van der Waals surface area contributed by atoms with Gasteiger partial charge in [0.2, 0.25) is 0 Å². The Labute approximate surface area is 113 Å². The summed E-state index contributed by atoms with van der Waals surface area (Å²) in [5.74, 6) is -0.618. The Bertz CT molecular complexity index is 450. The molecule has 1 aliphatic rings. The number of aryl methyl sites for hydroxylation is 1. The van der Waals surface area contributed by atoms with E-state index in [1.54, 1.807) is 12.4 Å². The number of hydrogen-bond acceptors (Lipinski definition) is 4. The zero-order valence-corrected chi connectivity index (χ0v) is 11.5. The van der Waals surface area contributed by atoms with Crippen LogP contribution in [0, 0.1) is 18.8 Å². The number of carboxylic acid groups (broad SMARTS) is 1. The van der Waals surface area contributed by atoms with Crippen LogP contribution in [0.2, 0.25) is 0 Å². The number of carbonyl (C=O) groups is 1. The molecule has 0 saturated heterocycles. The van der Waals surface area contributed by atoms with Gasteiger partial charge in [-0.3, -0.25) is 14.8 Å². The monoisotopic (exact) mass is 263 g/mol. The first kappa shape index (κ1) is 13.9. The van der Waals surface area contributed by atoms with E-state index in [0.717, 1.165) is 37.2 Å². The van der Waals surface area contributed by atoms with Crippen molar-refractivity contribution in [3.63, 3.8) is 0 Å². The minimum Gasteiger partial charge on any atom is -0.481 e. The smallest absolute Gasteiger partial charge is 0.306 e. The Morgan fingerprint density at radius 2 is 2.21 bits per heavy atom. The van der Waals surface area contributed by atoms with Crippen LogP contribution in [0.3, 0.4) is 0 Å².